The van der Waals surface area contributed by atoms with Gasteiger partial charge in [0.25, 0.3) is 0 Å². The number of aliphatic hydroxyl groups is 1. The minimum absolute atomic E-state index is 0.0258. The molecule has 2 rings (SSSR count). The van der Waals surface area contributed by atoms with Crippen molar-refractivity contribution in [2.24, 2.45) is 0 Å². The summed E-state index contributed by atoms with van der Waals surface area (Å²) < 4.78 is 0. The molecule has 0 spiro atoms. The van der Waals surface area contributed by atoms with E-state index in [2.05, 4.69) is 10.3 Å². The summed E-state index contributed by atoms with van der Waals surface area (Å²) >= 11 is 0. The normalized spacial score (nSPS) is 12.3. The van der Waals surface area contributed by atoms with Crippen LogP contribution < -0.4 is 5.32 Å². The number of nitrogens with one attached hydrogen (secondary N) is 1. The molecule has 1 heterocycles. The fraction of sp³-hybridized carbons (Fsp3) is 0.333. The van der Waals surface area contributed by atoms with Crippen LogP contribution in [0.15, 0.2) is 24.3 Å². The fourth-order valence-electron chi connectivity index (χ4n) is 2.17. The number of para-hydroxylation sites is 1. The molecular weight excluding hydrogens is 256 g/mol. The number of nitrogens with zero attached hydrogens (tertiary/aromatic N) is 1. The van der Waals surface area contributed by atoms with Gasteiger partial charge in [-0.3, -0.25) is 4.98 Å². The number of carbonyl (C=O) groups is 1. The van der Waals surface area contributed by atoms with Crippen LogP contribution in [0, 0.1) is 6.92 Å². The lowest BCUT2D eigenvalue weighted by Gasteiger charge is -2.18. The van der Waals surface area contributed by atoms with E-state index in [4.69, 9.17) is 0 Å². The Labute approximate surface area is 117 Å². The van der Waals surface area contributed by atoms with E-state index in [9.17, 15) is 15.0 Å². The summed E-state index contributed by atoms with van der Waals surface area (Å²) in [6, 6.07) is 6.89. The number of aliphatic hydroxyl groups excluding tert-OH is 1. The van der Waals surface area contributed by atoms with Gasteiger partial charge in [-0.05, 0) is 25.5 Å². The second-order valence-corrected chi connectivity index (χ2v) is 4.75. The molecule has 0 saturated carbocycles. The van der Waals surface area contributed by atoms with Crippen molar-refractivity contribution in [2.45, 2.75) is 26.3 Å². The fourth-order valence-corrected chi connectivity index (χ4v) is 2.17. The standard InChI is InChI=1S/C15H18N2O3/c1-3-10(8-18)17-13-7-9(2)16-14-11(13)5-4-6-12(14)15(19)20/h4-7,10,18H,3,8H2,1-2H3,(H,16,17)(H,19,20)/t10-/m0/s1. The molecule has 0 saturated heterocycles. The largest absolute Gasteiger partial charge is 0.478 e. The van der Waals surface area contributed by atoms with E-state index in [0.717, 1.165) is 23.2 Å². The van der Waals surface area contributed by atoms with Gasteiger partial charge in [0, 0.05) is 22.8 Å². The summed E-state index contributed by atoms with van der Waals surface area (Å²) in [4.78, 5) is 15.6. The molecule has 0 amide bonds. The Morgan fingerprint density at radius 3 is 2.80 bits per heavy atom. The van der Waals surface area contributed by atoms with Gasteiger partial charge in [0.15, 0.2) is 0 Å². The Kier molecular flexibility index (Phi) is 4.20. The van der Waals surface area contributed by atoms with Crippen molar-refractivity contribution in [3.8, 4) is 0 Å². The van der Waals surface area contributed by atoms with Crippen molar-refractivity contribution >= 4 is 22.6 Å². The highest BCUT2D eigenvalue weighted by Crippen LogP contribution is 2.26. The summed E-state index contributed by atoms with van der Waals surface area (Å²) in [5, 5.41) is 22.5. The Balaban J connectivity index is 2.60. The van der Waals surface area contributed by atoms with Crippen molar-refractivity contribution in [1.82, 2.24) is 4.98 Å². The molecule has 20 heavy (non-hydrogen) atoms. The van der Waals surface area contributed by atoms with Crippen LogP contribution in [0.25, 0.3) is 10.9 Å². The monoisotopic (exact) mass is 274 g/mol. The van der Waals surface area contributed by atoms with Gasteiger partial charge >= 0.3 is 5.97 Å². The first-order valence-electron chi connectivity index (χ1n) is 6.57. The first kappa shape index (κ1) is 14.3. The number of carboxylic acid groups (broad SMARTS) is 1. The zero-order valence-corrected chi connectivity index (χ0v) is 11.6. The number of fused-ring (bicyclic) bond motifs is 1. The Morgan fingerprint density at radius 2 is 2.20 bits per heavy atom. The average molecular weight is 274 g/mol. The zero-order chi connectivity index (χ0) is 14.7. The number of pyridine rings is 1. The Hall–Kier alpha value is -2.14. The molecule has 0 radical (unpaired) electrons. The van der Waals surface area contributed by atoms with Gasteiger partial charge in [0.1, 0.15) is 0 Å². The molecule has 0 unspecified atom stereocenters. The lowest BCUT2D eigenvalue weighted by atomic mass is 10.1. The third-order valence-corrected chi connectivity index (χ3v) is 3.27. The topological polar surface area (TPSA) is 82.5 Å². The molecule has 0 fully saturated rings. The predicted octanol–water partition coefficient (Wildman–Crippen LogP) is 2.42. The van der Waals surface area contributed by atoms with E-state index in [1.165, 1.54) is 0 Å². The Morgan fingerprint density at radius 1 is 1.45 bits per heavy atom. The van der Waals surface area contributed by atoms with Crippen LogP contribution in [0.1, 0.15) is 29.4 Å². The highest BCUT2D eigenvalue weighted by Gasteiger charge is 2.14. The van der Waals surface area contributed by atoms with Crippen LogP contribution >= 0.6 is 0 Å². The molecule has 0 aliphatic carbocycles. The summed E-state index contributed by atoms with van der Waals surface area (Å²) in [6.45, 7) is 3.83. The van der Waals surface area contributed by atoms with E-state index in [0.29, 0.717) is 5.52 Å². The minimum Gasteiger partial charge on any atom is -0.478 e. The molecule has 2 aromatic rings. The van der Waals surface area contributed by atoms with Crippen LogP contribution in [-0.2, 0) is 0 Å². The summed E-state index contributed by atoms with van der Waals surface area (Å²) in [5.41, 5.74) is 2.19. The van der Waals surface area contributed by atoms with Crippen molar-refractivity contribution in [3.63, 3.8) is 0 Å². The smallest absolute Gasteiger partial charge is 0.337 e. The maximum absolute atomic E-state index is 11.3. The number of anilines is 1. The zero-order valence-electron chi connectivity index (χ0n) is 11.6. The highest BCUT2D eigenvalue weighted by atomic mass is 16.4. The maximum Gasteiger partial charge on any atom is 0.337 e. The predicted molar refractivity (Wildman–Crippen MR) is 78.2 cm³/mol. The van der Waals surface area contributed by atoms with Crippen LogP contribution in [0.2, 0.25) is 0 Å². The molecule has 0 aliphatic heterocycles. The molecule has 3 N–H and O–H groups in total. The number of hydrogen-bond donors (Lipinski definition) is 3. The van der Waals surface area contributed by atoms with Gasteiger partial charge < -0.3 is 15.5 Å². The third-order valence-electron chi connectivity index (χ3n) is 3.27. The molecule has 0 bridgehead atoms. The molecule has 5 nitrogen and oxygen atoms in total. The first-order chi connectivity index (χ1) is 9.56. The molecule has 1 aromatic carbocycles. The quantitative estimate of drug-likeness (QED) is 0.780. The van der Waals surface area contributed by atoms with E-state index >= 15 is 0 Å². The van der Waals surface area contributed by atoms with E-state index < -0.39 is 5.97 Å². The summed E-state index contributed by atoms with van der Waals surface area (Å²) in [7, 11) is 0. The number of benzene rings is 1. The van der Waals surface area contributed by atoms with Crippen LogP contribution in [0.4, 0.5) is 5.69 Å². The Bertz CT molecular complexity index is 636. The van der Waals surface area contributed by atoms with Crippen LogP contribution in [-0.4, -0.2) is 33.8 Å². The SMILES string of the molecule is CC[C@@H](CO)Nc1cc(C)nc2c(C(=O)O)cccc12. The molecule has 1 aromatic heterocycles. The molecular formula is C15H18N2O3. The second kappa shape index (κ2) is 5.88. The molecule has 0 aliphatic rings. The summed E-state index contributed by atoms with van der Waals surface area (Å²) in [5.74, 6) is -0.992. The molecule has 106 valence electrons. The lowest BCUT2D eigenvalue weighted by molar-refractivity contribution is 0.0699. The average Bonchev–Trinajstić information content (AvgIpc) is 2.43. The highest BCUT2D eigenvalue weighted by molar-refractivity contribution is 6.05. The molecule has 1 atom stereocenters. The van der Waals surface area contributed by atoms with Crippen LogP contribution in [0.5, 0.6) is 0 Å². The summed E-state index contributed by atoms with van der Waals surface area (Å²) in [6.07, 6.45) is 0.776. The van der Waals surface area contributed by atoms with E-state index in [1.54, 1.807) is 12.1 Å². The third kappa shape index (κ3) is 2.72. The van der Waals surface area contributed by atoms with Gasteiger partial charge in [-0.2, -0.15) is 0 Å². The van der Waals surface area contributed by atoms with Gasteiger partial charge in [0.2, 0.25) is 0 Å². The first-order valence-corrected chi connectivity index (χ1v) is 6.57. The van der Waals surface area contributed by atoms with E-state index in [-0.39, 0.29) is 18.2 Å². The number of hydrogen-bond acceptors (Lipinski definition) is 4. The van der Waals surface area contributed by atoms with Gasteiger partial charge in [-0.1, -0.05) is 19.1 Å². The maximum atomic E-state index is 11.3. The second-order valence-electron chi connectivity index (χ2n) is 4.75. The molecule has 5 heteroatoms. The van der Waals surface area contributed by atoms with Crippen molar-refractivity contribution in [3.05, 3.63) is 35.5 Å². The van der Waals surface area contributed by atoms with Crippen molar-refractivity contribution < 1.29 is 15.0 Å². The van der Waals surface area contributed by atoms with Crippen molar-refractivity contribution in [2.75, 3.05) is 11.9 Å². The van der Waals surface area contributed by atoms with Crippen LogP contribution in [0.3, 0.4) is 0 Å². The number of carboxylic acids is 1. The van der Waals surface area contributed by atoms with Gasteiger partial charge in [-0.15, -0.1) is 0 Å². The minimum atomic E-state index is -0.992. The lowest BCUT2D eigenvalue weighted by Crippen LogP contribution is -2.22. The number of aromatic nitrogens is 1. The van der Waals surface area contributed by atoms with E-state index in [1.807, 2.05) is 26.0 Å². The number of aromatic carboxylic acids is 1. The van der Waals surface area contributed by atoms with Gasteiger partial charge in [-0.25, -0.2) is 4.79 Å². The van der Waals surface area contributed by atoms with Gasteiger partial charge in [0.05, 0.1) is 17.7 Å². The van der Waals surface area contributed by atoms with Crippen molar-refractivity contribution in [1.29, 1.82) is 0 Å². The number of aryl methyl sites for hydroxylation is 1. The number of rotatable bonds is 5.